The third-order valence-corrected chi connectivity index (χ3v) is 6.97. The highest BCUT2D eigenvalue weighted by molar-refractivity contribution is 6.00. The van der Waals surface area contributed by atoms with Gasteiger partial charge in [0.1, 0.15) is 17.6 Å². The molecular weight excluding hydrogens is 485 g/mol. The Morgan fingerprint density at radius 3 is 2.36 bits per heavy atom. The van der Waals surface area contributed by atoms with E-state index in [2.05, 4.69) is 85.5 Å². The lowest BCUT2D eigenvalue weighted by Crippen LogP contribution is -2.26. The SMILES string of the molecule is CC.CC.Cc1cccc(C2=C(c3ccc(O[C@H]4CCN(CCCF)C4)cc3)c3ccc(C)cc3OCC2)c1. The van der Waals surface area contributed by atoms with Gasteiger partial charge in [0.25, 0.3) is 0 Å². The van der Waals surface area contributed by atoms with E-state index < -0.39 is 0 Å². The van der Waals surface area contributed by atoms with Gasteiger partial charge in [-0.2, -0.15) is 0 Å². The summed E-state index contributed by atoms with van der Waals surface area (Å²) >= 11 is 0. The molecule has 0 aliphatic carbocycles. The highest BCUT2D eigenvalue weighted by Gasteiger charge is 2.24. The van der Waals surface area contributed by atoms with Crippen LogP contribution in [-0.2, 0) is 0 Å². The molecule has 5 rings (SSSR count). The number of halogens is 1. The van der Waals surface area contributed by atoms with Crippen LogP contribution in [0.1, 0.15) is 74.8 Å². The van der Waals surface area contributed by atoms with Gasteiger partial charge in [-0.1, -0.05) is 81.8 Å². The van der Waals surface area contributed by atoms with E-state index in [-0.39, 0.29) is 12.8 Å². The second-order valence-corrected chi connectivity index (χ2v) is 9.72. The molecule has 1 saturated heterocycles. The predicted octanol–water partition coefficient (Wildman–Crippen LogP) is 8.91. The Morgan fingerprint density at radius 1 is 0.897 bits per heavy atom. The third kappa shape index (κ3) is 7.95. The summed E-state index contributed by atoms with van der Waals surface area (Å²) in [4.78, 5) is 2.29. The largest absolute Gasteiger partial charge is 0.493 e. The molecule has 2 aliphatic heterocycles. The van der Waals surface area contributed by atoms with Crippen LogP contribution < -0.4 is 9.47 Å². The van der Waals surface area contributed by atoms with Crippen molar-refractivity contribution in [2.75, 3.05) is 32.9 Å². The van der Waals surface area contributed by atoms with Gasteiger partial charge in [-0.25, -0.2) is 0 Å². The maximum Gasteiger partial charge on any atom is 0.127 e. The molecule has 0 N–H and O–H groups in total. The van der Waals surface area contributed by atoms with E-state index in [1.165, 1.54) is 33.4 Å². The number of hydrogen-bond acceptors (Lipinski definition) is 3. The molecule has 0 aromatic heterocycles. The summed E-state index contributed by atoms with van der Waals surface area (Å²) in [6.45, 7) is 15.3. The van der Waals surface area contributed by atoms with Crippen molar-refractivity contribution in [2.45, 2.75) is 66.9 Å². The van der Waals surface area contributed by atoms with E-state index in [1.807, 2.05) is 27.7 Å². The number of aryl methyl sites for hydroxylation is 2. The fourth-order valence-electron chi connectivity index (χ4n) is 5.23. The molecule has 1 fully saturated rings. The molecular formula is C35H46FNO2. The molecule has 0 saturated carbocycles. The van der Waals surface area contributed by atoms with Crippen LogP contribution in [0.25, 0.3) is 11.1 Å². The molecule has 0 bridgehead atoms. The molecule has 3 aromatic carbocycles. The highest BCUT2D eigenvalue weighted by Crippen LogP contribution is 2.41. The van der Waals surface area contributed by atoms with Gasteiger partial charge in [-0.15, -0.1) is 0 Å². The quantitative estimate of drug-likeness (QED) is 0.304. The van der Waals surface area contributed by atoms with Gasteiger partial charge in [0.15, 0.2) is 0 Å². The molecule has 2 aliphatic rings. The normalized spacial score (nSPS) is 16.6. The van der Waals surface area contributed by atoms with Crippen molar-refractivity contribution in [3.8, 4) is 11.5 Å². The smallest absolute Gasteiger partial charge is 0.127 e. The maximum absolute atomic E-state index is 12.5. The van der Waals surface area contributed by atoms with Gasteiger partial charge in [0, 0.05) is 31.6 Å². The first-order valence-electron chi connectivity index (χ1n) is 14.7. The van der Waals surface area contributed by atoms with Gasteiger partial charge < -0.3 is 9.47 Å². The summed E-state index contributed by atoms with van der Waals surface area (Å²) in [5.74, 6) is 1.83. The number of ether oxygens (including phenoxy) is 2. The van der Waals surface area contributed by atoms with Crippen LogP contribution in [-0.4, -0.2) is 43.9 Å². The number of benzene rings is 3. The Kier molecular flexibility index (Phi) is 12.1. The Bertz CT molecular complexity index is 1200. The summed E-state index contributed by atoms with van der Waals surface area (Å²) in [6.07, 6.45) is 2.60. The molecule has 0 radical (unpaired) electrons. The molecule has 0 amide bonds. The first-order chi connectivity index (χ1) is 19.1. The number of rotatable bonds is 7. The van der Waals surface area contributed by atoms with Crippen molar-refractivity contribution in [3.05, 3.63) is 94.5 Å². The van der Waals surface area contributed by atoms with E-state index in [4.69, 9.17) is 9.47 Å². The third-order valence-electron chi connectivity index (χ3n) is 6.97. The van der Waals surface area contributed by atoms with Crippen LogP contribution in [0.4, 0.5) is 4.39 Å². The van der Waals surface area contributed by atoms with Crippen molar-refractivity contribution >= 4 is 11.1 Å². The molecule has 210 valence electrons. The van der Waals surface area contributed by atoms with Gasteiger partial charge in [0.05, 0.1) is 13.3 Å². The zero-order valence-corrected chi connectivity index (χ0v) is 24.7. The second-order valence-electron chi connectivity index (χ2n) is 9.72. The summed E-state index contributed by atoms with van der Waals surface area (Å²) in [5.41, 5.74) is 8.54. The maximum atomic E-state index is 12.5. The van der Waals surface area contributed by atoms with Crippen LogP contribution in [0, 0.1) is 13.8 Å². The monoisotopic (exact) mass is 531 g/mol. The topological polar surface area (TPSA) is 21.7 Å². The number of fused-ring (bicyclic) bond motifs is 1. The predicted molar refractivity (Wildman–Crippen MR) is 164 cm³/mol. The zero-order chi connectivity index (χ0) is 28.2. The Balaban J connectivity index is 0.00000100. The minimum absolute atomic E-state index is 0.164. The number of likely N-dealkylation sites (tertiary alicyclic amines) is 1. The minimum atomic E-state index is -0.252. The lowest BCUT2D eigenvalue weighted by molar-refractivity contribution is 0.198. The van der Waals surface area contributed by atoms with Gasteiger partial charge in [-0.05, 0) is 72.7 Å². The van der Waals surface area contributed by atoms with Crippen molar-refractivity contribution < 1.29 is 13.9 Å². The van der Waals surface area contributed by atoms with E-state index in [0.29, 0.717) is 13.0 Å². The molecule has 0 unspecified atom stereocenters. The molecule has 3 aromatic rings. The first-order valence-corrected chi connectivity index (χ1v) is 14.7. The standard InChI is InChI=1S/C31H34FNO2.2C2H6/c1-22-5-3-6-25(19-22)28-14-18-34-30-20-23(2)7-12-29(30)31(28)24-8-10-26(11-9-24)35-27-13-17-33(21-27)16-4-15-32;2*1-2/h3,5-12,19-20,27H,4,13-18,21H2,1-2H3;2*1-2H3/t27-;;/m0../s1. The van der Waals surface area contributed by atoms with Crippen LogP contribution in [0.5, 0.6) is 11.5 Å². The number of hydrogen-bond donors (Lipinski definition) is 0. The zero-order valence-electron chi connectivity index (χ0n) is 24.7. The van der Waals surface area contributed by atoms with E-state index >= 15 is 0 Å². The van der Waals surface area contributed by atoms with E-state index in [0.717, 1.165) is 49.5 Å². The Labute approximate surface area is 235 Å². The molecule has 3 nitrogen and oxygen atoms in total. The average molecular weight is 532 g/mol. The highest BCUT2D eigenvalue weighted by atomic mass is 19.1. The number of alkyl halides is 1. The number of nitrogens with zero attached hydrogens (tertiary/aromatic N) is 1. The van der Waals surface area contributed by atoms with Gasteiger partial charge in [-0.3, -0.25) is 9.29 Å². The molecule has 4 heteroatoms. The second kappa shape index (κ2) is 15.5. The van der Waals surface area contributed by atoms with Gasteiger partial charge >= 0.3 is 0 Å². The Morgan fingerprint density at radius 2 is 1.64 bits per heavy atom. The Hall–Kier alpha value is -3.11. The summed E-state index contributed by atoms with van der Waals surface area (Å²) < 4.78 is 25.0. The van der Waals surface area contributed by atoms with Crippen LogP contribution in [0.3, 0.4) is 0 Å². The molecule has 2 heterocycles. The molecule has 39 heavy (non-hydrogen) atoms. The van der Waals surface area contributed by atoms with E-state index in [1.54, 1.807) is 0 Å². The van der Waals surface area contributed by atoms with Crippen molar-refractivity contribution in [3.63, 3.8) is 0 Å². The van der Waals surface area contributed by atoms with Gasteiger partial charge in [0.2, 0.25) is 0 Å². The van der Waals surface area contributed by atoms with Crippen molar-refractivity contribution in [2.24, 2.45) is 0 Å². The van der Waals surface area contributed by atoms with Crippen LogP contribution >= 0.6 is 0 Å². The minimum Gasteiger partial charge on any atom is -0.493 e. The van der Waals surface area contributed by atoms with Crippen molar-refractivity contribution in [1.29, 1.82) is 0 Å². The molecule has 1 atom stereocenters. The lowest BCUT2D eigenvalue weighted by Gasteiger charge is -2.18. The molecule has 0 spiro atoms. The van der Waals surface area contributed by atoms with Crippen LogP contribution in [0.2, 0.25) is 0 Å². The van der Waals surface area contributed by atoms with Crippen LogP contribution in [0.15, 0.2) is 66.7 Å². The fourth-order valence-corrected chi connectivity index (χ4v) is 5.23. The summed E-state index contributed by atoms with van der Waals surface area (Å²) in [7, 11) is 0. The van der Waals surface area contributed by atoms with Crippen molar-refractivity contribution in [1.82, 2.24) is 4.90 Å². The average Bonchev–Trinajstić information content (AvgIpc) is 3.33. The first kappa shape index (κ1) is 30.4. The lowest BCUT2D eigenvalue weighted by atomic mass is 9.87. The summed E-state index contributed by atoms with van der Waals surface area (Å²) in [5, 5.41) is 0. The summed E-state index contributed by atoms with van der Waals surface area (Å²) in [6, 6.07) is 23.7. The fraction of sp³-hybridized carbons (Fsp3) is 0.429. The van der Waals surface area contributed by atoms with E-state index in [9.17, 15) is 4.39 Å².